The van der Waals surface area contributed by atoms with Crippen LogP contribution in [0.15, 0.2) is 47.1 Å². The number of hydrogen-bond acceptors (Lipinski definition) is 2. The fourth-order valence-corrected chi connectivity index (χ4v) is 1.86. The summed E-state index contributed by atoms with van der Waals surface area (Å²) in [6.07, 6.45) is 1.76. The highest BCUT2D eigenvalue weighted by Gasteiger charge is 1.99. The van der Waals surface area contributed by atoms with Gasteiger partial charge in [-0.1, -0.05) is 0 Å². The number of benzene rings is 1. The van der Waals surface area contributed by atoms with Crippen molar-refractivity contribution in [1.82, 2.24) is 4.98 Å². The molecule has 2 aromatic rings. The van der Waals surface area contributed by atoms with E-state index >= 15 is 0 Å². The fraction of sp³-hybridized carbons (Fsp3) is 0. The lowest BCUT2D eigenvalue weighted by molar-refractivity contribution is 1.29. The molecule has 0 bridgehead atoms. The van der Waals surface area contributed by atoms with Crippen LogP contribution in [0, 0.1) is 3.57 Å². The Morgan fingerprint density at radius 2 is 1.87 bits per heavy atom. The summed E-state index contributed by atoms with van der Waals surface area (Å²) < 4.78 is 2.18. The van der Waals surface area contributed by atoms with Crippen molar-refractivity contribution in [1.29, 1.82) is 0 Å². The van der Waals surface area contributed by atoms with Crippen molar-refractivity contribution in [2.45, 2.75) is 0 Å². The molecule has 0 radical (unpaired) electrons. The molecule has 2 nitrogen and oxygen atoms in total. The zero-order valence-electron chi connectivity index (χ0n) is 7.74. The van der Waals surface area contributed by atoms with Crippen LogP contribution in [0.3, 0.4) is 0 Å². The van der Waals surface area contributed by atoms with E-state index in [0.717, 1.165) is 16.0 Å². The normalized spacial score (nSPS) is 10.0. The lowest BCUT2D eigenvalue weighted by Gasteiger charge is -2.06. The number of aromatic nitrogens is 1. The highest BCUT2D eigenvalue weighted by molar-refractivity contribution is 14.1. The van der Waals surface area contributed by atoms with E-state index in [2.05, 4.69) is 61.0 Å². The maximum absolute atomic E-state index is 4.24. The minimum Gasteiger partial charge on any atom is -0.339 e. The number of nitrogens with zero attached hydrogens (tertiary/aromatic N) is 1. The van der Waals surface area contributed by atoms with Crippen LogP contribution in [0.25, 0.3) is 0 Å². The molecule has 2 rings (SSSR count). The number of pyridine rings is 1. The van der Waals surface area contributed by atoms with Crippen molar-refractivity contribution in [3.05, 3.63) is 50.6 Å². The lowest BCUT2D eigenvalue weighted by Crippen LogP contribution is -1.93. The first-order valence-electron chi connectivity index (χ1n) is 4.39. The van der Waals surface area contributed by atoms with Gasteiger partial charge in [0.25, 0.3) is 0 Å². The predicted molar refractivity (Wildman–Crippen MR) is 74.4 cm³/mol. The molecule has 0 unspecified atom stereocenters. The average molecular weight is 375 g/mol. The number of anilines is 2. The molecule has 0 amide bonds. The van der Waals surface area contributed by atoms with Crippen LogP contribution < -0.4 is 5.32 Å². The van der Waals surface area contributed by atoms with Crippen molar-refractivity contribution in [3.8, 4) is 0 Å². The van der Waals surface area contributed by atoms with E-state index in [1.807, 2.05) is 24.3 Å². The SMILES string of the molecule is Brc1cccnc1Nc1ccc(I)cc1. The van der Waals surface area contributed by atoms with E-state index < -0.39 is 0 Å². The lowest BCUT2D eigenvalue weighted by atomic mass is 10.3. The standard InChI is InChI=1S/C11H8BrIN2/c12-10-2-1-7-14-11(10)15-9-5-3-8(13)4-6-9/h1-7H,(H,14,15). The molecule has 0 atom stereocenters. The summed E-state index contributed by atoms with van der Waals surface area (Å²) in [5.41, 5.74) is 1.04. The molecule has 0 spiro atoms. The average Bonchev–Trinajstić information content (AvgIpc) is 2.25. The topological polar surface area (TPSA) is 24.9 Å². The van der Waals surface area contributed by atoms with Crippen LogP contribution in [0.2, 0.25) is 0 Å². The third-order valence-corrected chi connectivity index (χ3v) is 3.22. The molecule has 0 fully saturated rings. The first kappa shape index (κ1) is 10.9. The van der Waals surface area contributed by atoms with Crippen LogP contribution in [0.4, 0.5) is 11.5 Å². The summed E-state index contributed by atoms with van der Waals surface area (Å²) in [5, 5.41) is 3.24. The van der Waals surface area contributed by atoms with Gasteiger partial charge in [-0.15, -0.1) is 0 Å². The van der Waals surface area contributed by atoms with Gasteiger partial charge >= 0.3 is 0 Å². The van der Waals surface area contributed by atoms with Gasteiger partial charge in [0, 0.05) is 15.5 Å². The van der Waals surface area contributed by atoms with E-state index in [0.29, 0.717) is 0 Å². The molecule has 0 saturated carbocycles. The Balaban J connectivity index is 2.22. The highest BCUT2D eigenvalue weighted by atomic mass is 127. The molecule has 1 heterocycles. The summed E-state index contributed by atoms with van der Waals surface area (Å²) >= 11 is 5.72. The van der Waals surface area contributed by atoms with Gasteiger partial charge in [0.1, 0.15) is 5.82 Å². The van der Waals surface area contributed by atoms with E-state index in [-0.39, 0.29) is 0 Å². The van der Waals surface area contributed by atoms with Crippen molar-refractivity contribution in [3.63, 3.8) is 0 Å². The maximum atomic E-state index is 4.24. The molecule has 1 N–H and O–H groups in total. The molecule has 4 heteroatoms. The highest BCUT2D eigenvalue weighted by Crippen LogP contribution is 2.23. The minimum atomic E-state index is 0.832. The van der Waals surface area contributed by atoms with Gasteiger partial charge in [0.05, 0.1) is 4.47 Å². The number of hydrogen-bond donors (Lipinski definition) is 1. The van der Waals surface area contributed by atoms with Crippen molar-refractivity contribution in [2.24, 2.45) is 0 Å². The summed E-state index contributed by atoms with van der Waals surface area (Å²) in [6.45, 7) is 0. The third-order valence-electron chi connectivity index (χ3n) is 1.87. The summed E-state index contributed by atoms with van der Waals surface area (Å²) in [7, 11) is 0. The molecule has 76 valence electrons. The van der Waals surface area contributed by atoms with E-state index in [9.17, 15) is 0 Å². The van der Waals surface area contributed by atoms with E-state index in [1.54, 1.807) is 6.20 Å². The van der Waals surface area contributed by atoms with E-state index in [1.165, 1.54) is 3.57 Å². The Bertz CT molecular complexity index is 456. The van der Waals surface area contributed by atoms with Crippen molar-refractivity contribution >= 4 is 50.0 Å². The zero-order chi connectivity index (χ0) is 10.7. The van der Waals surface area contributed by atoms with Crippen LogP contribution in [-0.4, -0.2) is 4.98 Å². The molecule has 0 aliphatic carbocycles. The fourth-order valence-electron chi connectivity index (χ4n) is 1.15. The minimum absolute atomic E-state index is 0.832. The summed E-state index contributed by atoms with van der Waals surface area (Å²) in [5.74, 6) is 0.832. The van der Waals surface area contributed by atoms with Gasteiger partial charge in [0.2, 0.25) is 0 Å². The second-order valence-electron chi connectivity index (χ2n) is 2.97. The van der Waals surface area contributed by atoms with Gasteiger partial charge < -0.3 is 5.32 Å². The predicted octanol–water partition coefficient (Wildman–Crippen LogP) is 4.19. The van der Waals surface area contributed by atoms with Crippen molar-refractivity contribution < 1.29 is 0 Å². The molecular formula is C11H8BrIN2. The maximum Gasteiger partial charge on any atom is 0.144 e. The smallest absolute Gasteiger partial charge is 0.144 e. The second-order valence-corrected chi connectivity index (χ2v) is 5.07. The van der Waals surface area contributed by atoms with Crippen LogP contribution in [0.5, 0.6) is 0 Å². The number of halogens is 2. The monoisotopic (exact) mass is 374 g/mol. The Kier molecular flexibility index (Phi) is 3.58. The first-order valence-corrected chi connectivity index (χ1v) is 6.26. The molecule has 0 aliphatic rings. The largest absolute Gasteiger partial charge is 0.339 e. The third kappa shape index (κ3) is 2.92. The van der Waals surface area contributed by atoms with Gasteiger partial charge in [0.15, 0.2) is 0 Å². The summed E-state index contributed by atoms with van der Waals surface area (Å²) in [6, 6.07) is 12.0. The van der Waals surface area contributed by atoms with Crippen LogP contribution in [0.1, 0.15) is 0 Å². The Morgan fingerprint density at radius 3 is 2.53 bits per heavy atom. The second kappa shape index (κ2) is 4.94. The van der Waals surface area contributed by atoms with Gasteiger partial charge in [-0.05, 0) is 74.9 Å². The van der Waals surface area contributed by atoms with Gasteiger partial charge in [-0.3, -0.25) is 0 Å². The van der Waals surface area contributed by atoms with Gasteiger partial charge in [-0.25, -0.2) is 4.98 Å². The van der Waals surface area contributed by atoms with Crippen molar-refractivity contribution in [2.75, 3.05) is 5.32 Å². The first-order chi connectivity index (χ1) is 7.25. The molecule has 0 aliphatic heterocycles. The molecule has 1 aromatic heterocycles. The Labute approximate surface area is 110 Å². The van der Waals surface area contributed by atoms with Gasteiger partial charge in [-0.2, -0.15) is 0 Å². The van der Waals surface area contributed by atoms with Crippen LogP contribution in [-0.2, 0) is 0 Å². The van der Waals surface area contributed by atoms with E-state index in [4.69, 9.17) is 0 Å². The summed E-state index contributed by atoms with van der Waals surface area (Å²) in [4.78, 5) is 4.24. The number of nitrogens with one attached hydrogen (secondary N) is 1. The quantitative estimate of drug-likeness (QED) is 0.797. The Morgan fingerprint density at radius 1 is 1.13 bits per heavy atom. The molecule has 15 heavy (non-hydrogen) atoms. The number of rotatable bonds is 2. The van der Waals surface area contributed by atoms with Crippen LogP contribution >= 0.6 is 38.5 Å². The zero-order valence-corrected chi connectivity index (χ0v) is 11.5. The molecule has 0 saturated heterocycles. The molecular weight excluding hydrogens is 367 g/mol. The Hall–Kier alpha value is -0.620. The molecule has 1 aromatic carbocycles.